The average Bonchev–Trinajstić information content (AvgIpc) is 2.41. The summed E-state index contributed by atoms with van der Waals surface area (Å²) in [5, 5.41) is 0.674. The molecule has 0 bridgehead atoms. The number of fused-ring (bicyclic) bond motifs is 1. The SMILES string of the molecule is O=c1cc(-c2ccc(F)c(F)c2)c2ccccc2o1. The second kappa shape index (κ2) is 4.31. The molecular formula is C15H8F2O2. The molecule has 0 saturated heterocycles. The van der Waals surface area contributed by atoms with Gasteiger partial charge in [0.1, 0.15) is 5.58 Å². The van der Waals surface area contributed by atoms with Gasteiger partial charge in [-0.05, 0) is 29.3 Å². The van der Waals surface area contributed by atoms with Gasteiger partial charge in [-0.1, -0.05) is 24.3 Å². The zero-order valence-electron chi connectivity index (χ0n) is 9.69. The fraction of sp³-hybridized carbons (Fsp3) is 0. The lowest BCUT2D eigenvalue weighted by molar-refractivity contribution is 0.509. The summed E-state index contributed by atoms with van der Waals surface area (Å²) >= 11 is 0. The Balaban J connectivity index is 2.35. The minimum absolute atomic E-state index is 0.412. The molecular weight excluding hydrogens is 250 g/mol. The summed E-state index contributed by atoms with van der Waals surface area (Å²) in [6.45, 7) is 0. The maximum Gasteiger partial charge on any atom is 0.336 e. The van der Waals surface area contributed by atoms with Gasteiger partial charge in [0.2, 0.25) is 0 Å². The van der Waals surface area contributed by atoms with E-state index in [4.69, 9.17) is 4.42 Å². The second-order valence-corrected chi connectivity index (χ2v) is 4.10. The average molecular weight is 258 g/mol. The largest absolute Gasteiger partial charge is 0.423 e. The Kier molecular flexibility index (Phi) is 2.63. The van der Waals surface area contributed by atoms with Crippen LogP contribution < -0.4 is 5.63 Å². The van der Waals surface area contributed by atoms with Gasteiger partial charge in [0.25, 0.3) is 0 Å². The van der Waals surface area contributed by atoms with E-state index in [9.17, 15) is 13.6 Å². The van der Waals surface area contributed by atoms with Crippen molar-refractivity contribution < 1.29 is 13.2 Å². The molecule has 0 spiro atoms. The first kappa shape index (κ1) is 11.6. The van der Waals surface area contributed by atoms with Crippen LogP contribution in [0.3, 0.4) is 0 Å². The first-order valence-corrected chi connectivity index (χ1v) is 5.63. The molecule has 4 heteroatoms. The molecule has 3 aromatic rings. The summed E-state index contributed by atoms with van der Waals surface area (Å²) in [6, 6.07) is 11.7. The summed E-state index contributed by atoms with van der Waals surface area (Å²) < 4.78 is 31.3. The number of benzene rings is 2. The van der Waals surface area contributed by atoms with Crippen LogP contribution in [-0.2, 0) is 0 Å². The van der Waals surface area contributed by atoms with Crippen LogP contribution in [0.15, 0.2) is 57.7 Å². The van der Waals surface area contributed by atoms with Gasteiger partial charge in [-0.2, -0.15) is 0 Å². The van der Waals surface area contributed by atoms with Crippen molar-refractivity contribution in [3.05, 3.63) is 70.6 Å². The van der Waals surface area contributed by atoms with Gasteiger partial charge in [0.05, 0.1) is 0 Å². The van der Waals surface area contributed by atoms with Crippen LogP contribution in [0.5, 0.6) is 0 Å². The molecule has 0 unspecified atom stereocenters. The molecule has 2 aromatic carbocycles. The topological polar surface area (TPSA) is 30.2 Å². The minimum atomic E-state index is -0.949. The first-order valence-electron chi connectivity index (χ1n) is 5.63. The van der Waals surface area contributed by atoms with Crippen molar-refractivity contribution in [1.82, 2.24) is 0 Å². The van der Waals surface area contributed by atoms with E-state index < -0.39 is 17.3 Å². The summed E-state index contributed by atoms with van der Waals surface area (Å²) in [7, 11) is 0. The number of halogens is 2. The molecule has 1 heterocycles. The number of rotatable bonds is 1. The Morgan fingerprint density at radius 2 is 1.68 bits per heavy atom. The van der Waals surface area contributed by atoms with Gasteiger partial charge >= 0.3 is 5.63 Å². The Morgan fingerprint density at radius 1 is 0.895 bits per heavy atom. The van der Waals surface area contributed by atoms with Crippen molar-refractivity contribution in [2.75, 3.05) is 0 Å². The number of para-hydroxylation sites is 1. The zero-order valence-corrected chi connectivity index (χ0v) is 9.69. The van der Waals surface area contributed by atoms with E-state index in [1.807, 2.05) is 0 Å². The van der Waals surface area contributed by atoms with Crippen molar-refractivity contribution in [2.45, 2.75) is 0 Å². The van der Waals surface area contributed by atoms with Gasteiger partial charge in [-0.15, -0.1) is 0 Å². The highest BCUT2D eigenvalue weighted by atomic mass is 19.2. The summed E-state index contributed by atoms with van der Waals surface area (Å²) in [4.78, 5) is 11.5. The Morgan fingerprint density at radius 3 is 2.47 bits per heavy atom. The van der Waals surface area contributed by atoms with E-state index in [1.165, 1.54) is 12.1 Å². The van der Waals surface area contributed by atoms with Gasteiger partial charge < -0.3 is 4.42 Å². The minimum Gasteiger partial charge on any atom is -0.423 e. The lowest BCUT2D eigenvalue weighted by atomic mass is 10.0. The lowest BCUT2D eigenvalue weighted by Crippen LogP contribution is -1.98. The van der Waals surface area contributed by atoms with Gasteiger partial charge in [0.15, 0.2) is 11.6 Å². The molecule has 94 valence electrons. The number of hydrogen-bond acceptors (Lipinski definition) is 2. The predicted octanol–water partition coefficient (Wildman–Crippen LogP) is 3.74. The quantitative estimate of drug-likeness (QED) is 0.622. The zero-order chi connectivity index (χ0) is 13.4. The predicted molar refractivity (Wildman–Crippen MR) is 67.8 cm³/mol. The van der Waals surface area contributed by atoms with Crippen LogP contribution in [-0.4, -0.2) is 0 Å². The Hall–Kier alpha value is -2.49. The van der Waals surface area contributed by atoms with Crippen molar-refractivity contribution in [2.24, 2.45) is 0 Å². The van der Waals surface area contributed by atoms with Crippen LogP contribution in [0.2, 0.25) is 0 Å². The van der Waals surface area contributed by atoms with Crippen LogP contribution >= 0.6 is 0 Å². The highest BCUT2D eigenvalue weighted by Gasteiger charge is 2.09. The summed E-state index contributed by atoms with van der Waals surface area (Å²) in [5.74, 6) is -1.87. The van der Waals surface area contributed by atoms with Crippen molar-refractivity contribution in [3.8, 4) is 11.1 Å². The van der Waals surface area contributed by atoms with Gasteiger partial charge in [-0.25, -0.2) is 13.6 Å². The molecule has 0 aliphatic rings. The molecule has 3 rings (SSSR count). The molecule has 2 nitrogen and oxygen atoms in total. The second-order valence-electron chi connectivity index (χ2n) is 4.10. The molecule has 0 N–H and O–H groups in total. The van der Waals surface area contributed by atoms with E-state index in [1.54, 1.807) is 24.3 Å². The highest BCUT2D eigenvalue weighted by Crippen LogP contribution is 2.27. The normalized spacial score (nSPS) is 10.8. The molecule has 0 saturated carbocycles. The first-order chi connectivity index (χ1) is 9.15. The monoisotopic (exact) mass is 258 g/mol. The summed E-state index contributed by atoms with van der Waals surface area (Å²) in [6.07, 6.45) is 0. The maximum atomic E-state index is 13.3. The van der Waals surface area contributed by atoms with E-state index in [0.717, 1.165) is 12.1 Å². The molecule has 0 amide bonds. The van der Waals surface area contributed by atoms with Crippen molar-refractivity contribution in [1.29, 1.82) is 0 Å². The van der Waals surface area contributed by atoms with Crippen molar-refractivity contribution in [3.63, 3.8) is 0 Å². The third-order valence-corrected chi connectivity index (χ3v) is 2.88. The molecule has 0 fully saturated rings. The lowest BCUT2D eigenvalue weighted by Gasteiger charge is -2.05. The van der Waals surface area contributed by atoms with E-state index >= 15 is 0 Å². The number of hydrogen-bond donors (Lipinski definition) is 0. The third-order valence-electron chi connectivity index (χ3n) is 2.88. The fourth-order valence-electron chi connectivity index (χ4n) is 2.01. The van der Waals surface area contributed by atoms with E-state index in [2.05, 4.69) is 0 Å². The van der Waals surface area contributed by atoms with Gasteiger partial charge in [0, 0.05) is 11.5 Å². The van der Waals surface area contributed by atoms with Crippen LogP contribution in [0.4, 0.5) is 8.78 Å². The van der Waals surface area contributed by atoms with Crippen LogP contribution in [0, 0.1) is 11.6 Å². The molecule has 19 heavy (non-hydrogen) atoms. The van der Waals surface area contributed by atoms with E-state index in [0.29, 0.717) is 22.1 Å². The molecule has 0 radical (unpaired) electrons. The smallest absolute Gasteiger partial charge is 0.336 e. The standard InChI is InChI=1S/C15H8F2O2/c16-12-6-5-9(7-13(12)17)11-8-15(18)19-14-4-2-1-3-10(11)14/h1-8H. The van der Waals surface area contributed by atoms with Crippen LogP contribution in [0.25, 0.3) is 22.1 Å². The fourth-order valence-corrected chi connectivity index (χ4v) is 2.01. The van der Waals surface area contributed by atoms with E-state index in [-0.39, 0.29) is 0 Å². The third kappa shape index (κ3) is 2.01. The molecule has 0 aliphatic heterocycles. The Labute approximate surface area is 106 Å². The molecule has 1 aromatic heterocycles. The highest BCUT2D eigenvalue weighted by molar-refractivity contribution is 5.92. The summed E-state index contributed by atoms with van der Waals surface area (Å²) in [5.41, 5.74) is 0.835. The maximum absolute atomic E-state index is 13.3. The molecule has 0 aliphatic carbocycles. The Bertz CT molecular complexity index is 822. The molecule has 0 atom stereocenters. The van der Waals surface area contributed by atoms with Crippen LogP contribution in [0.1, 0.15) is 0 Å². The van der Waals surface area contributed by atoms with Crippen molar-refractivity contribution >= 4 is 11.0 Å². The van der Waals surface area contributed by atoms with Gasteiger partial charge in [-0.3, -0.25) is 0 Å².